The topological polar surface area (TPSA) is 57.4 Å². The van der Waals surface area contributed by atoms with E-state index in [1.54, 1.807) is 0 Å². The SMILES string of the molecule is CC[C@H](CO)NC[C@@H](O)Cn1c(C)c(C)c2ccccc21. The molecule has 0 saturated carbocycles. The lowest BCUT2D eigenvalue weighted by molar-refractivity contribution is 0.139. The molecule has 3 N–H and O–H groups in total. The van der Waals surface area contributed by atoms with Crippen molar-refractivity contribution >= 4 is 10.9 Å². The van der Waals surface area contributed by atoms with Gasteiger partial charge in [0.1, 0.15) is 0 Å². The van der Waals surface area contributed by atoms with E-state index in [0.717, 1.165) is 6.42 Å². The van der Waals surface area contributed by atoms with Crippen molar-refractivity contribution in [2.75, 3.05) is 13.2 Å². The number of para-hydroxylation sites is 1. The predicted molar refractivity (Wildman–Crippen MR) is 86.6 cm³/mol. The number of hydrogen-bond acceptors (Lipinski definition) is 3. The molecule has 2 rings (SSSR count). The Hall–Kier alpha value is -1.36. The van der Waals surface area contributed by atoms with Gasteiger partial charge >= 0.3 is 0 Å². The van der Waals surface area contributed by atoms with Gasteiger partial charge in [0.2, 0.25) is 0 Å². The zero-order valence-corrected chi connectivity index (χ0v) is 13.1. The van der Waals surface area contributed by atoms with E-state index in [2.05, 4.69) is 35.9 Å². The molecule has 0 spiro atoms. The number of aromatic nitrogens is 1. The fourth-order valence-electron chi connectivity index (χ4n) is 2.76. The third-order valence-corrected chi connectivity index (χ3v) is 4.30. The number of rotatable bonds is 7. The molecule has 0 unspecified atom stereocenters. The molecule has 1 aromatic carbocycles. The summed E-state index contributed by atoms with van der Waals surface area (Å²) in [4.78, 5) is 0. The summed E-state index contributed by atoms with van der Waals surface area (Å²) in [6.07, 6.45) is 0.382. The van der Waals surface area contributed by atoms with Gasteiger partial charge in [0, 0.05) is 29.2 Å². The summed E-state index contributed by atoms with van der Waals surface area (Å²) >= 11 is 0. The highest BCUT2D eigenvalue weighted by Crippen LogP contribution is 2.25. The van der Waals surface area contributed by atoms with Crippen LogP contribution in [0.15, 0.2) is 24.3 Å². The van der Waals surface area contributed by atoms with Crippen molar-refractivity contribution in [3.8, 4) is 0 Å². The van der Waals surface area contributed by atoms with Crippen LogP contribution >= 0.6 is 0 Å². The van der Waals surface area contributed by atoms with E-state index < -0.39 is 6.10 Å². The Labute approximate surface area is 126 Å². The fraction of sp³-hybridized carbons (Fsp3) is 0.529. The molecule has 21 heavy (non-hydrogen) atoms. The maximum Gasteiger partial charge on any atom is 0.0843 e. The molecule has 2 aromatic rings. The molecule has 0 aliphatic carbocycles. The Balaban J connectivity index is 2.11. The summed E-state index contributed by atoms with van der Waals surface area (Å²) in [5.74, 6) is 0. The molecule has 0 bridgehead atoms. The Bertz CT molecular complexity index is 588. The first-order chi connectivity index (χ1) is 10.1. The first-order valence-electron chi connectivity index (χ1n) is 7.65. The van der Waals surface area contributed by atoms with Crippen molar-refractivity contribution in [1.82, 2.24) is 9.88 Å². The maximum atomic E-state index is 10.3. The molecule has 116 valence electrons. The fourth-order valence-corrected chi connectivity index (χ4v) is 2.76. The molecule has 1 aromatic heterocycles. The second-order valence-electron chi connectivity index (χ2n) is 5.69. The Morgan fingerprint density at radius 3 is 2.62 bits per heavy atom. The zero-order valence-electron chi connectivity index (χ0n) is 13.1. The van der Waals surface area contributed by atoms with E-state index in [1.165, 1.54) is 22.2 Å². The van der Waals surface area contributed by atoms with Gasteiger partial charge in [0.05, 0.1) is 19.3 Å². The van der Waals surface area contributed by atoms with Crippen LogP contribution in [0.2, 0.25) is 0 Å². The first-order valence-corrected chi connectivity index (χ1v) is 7.65. The van der Waals surface area contributed by atoms with Gasteiger partial charge in [-0.25, -0.2) is 0 Å². The molecule has 1 heterocycles. The molecule has 4 nitrogen and oxygen atoms in total. The van der Waals surface area contributed by atoms with Crippen LogP contribution in [0.1, 0.15) is 24.6 Å². The quantitative estimate of drug-likeness (QED) is 0.731. The average Bonchev–Trinajstić information content (AvgIpc) is 2.74. The number of aryl methyl sites for hydroxylation is 1. The molecule has 0 aliphatic heterocycles. The van der Waals surface area contributed by atoms with E-state index in [1.807, 2.05) is 19.1 Å². The van der Waals surface area contributed by atoms with Gasteiger partial charge in [-0.2, -0.15) is 0 Å². The summed E-state index contributed by atoms with van der Waals surface area (Å²) in [6, 6.07) is 8.35. The van der Waals surface area contributed by atoms with E-state index >= 15 is 0 Å². The number of benzene rings is 1. The second-order valence-corrected chi connectivity index (χ2v) is 5.69. The molecule has 0 amide bonds. The number of nitrogens with zero attached hydrogens (tertiary/aromatic N) is 1. The van der Waals surface area contributed by atoms with Crippen molar-refractivity contribution in [3.05, 3.63) is 35.5 Å². The van der Waals surface area contributed by atoms with Crippen molar-refractivity contribution in [2.24, 2.45) is 0 Å². The van der Waals surface area contributed by atoms with Crippen LogP contribution in [0.25, 0.3) is 10.9 Å². The standard InChI is InChI=1S/C17H26N2O2/c1-4-14(11-20)18-9-15(21)10-19-13(3)12(2)16-7-5-6-8-17(16)19/h5-8,14-15,18,20-21H,4,9-11H2,1-3H3/t14-,15-/m1/s1. The number of aliphatic hydroxyl groups excluding tert-OH is 2. The Morgan fingerprint density at radius 1 is 1.24 bits per heavy atom. The minimum absolute atomic E-state index is 0.0592. The molecular formula is C17H26N2O2. The molecule has 0 radical (unpaired) electrons. The molecule has 0 saturated heterocycles. The number of aliphatic hydroxyl groups is 2. The summed E-state index contributed by atoms with van der Waals surface area (Å²) in [5, 5.41) is 23.9. The van der Waals surface area contributed by atoms with Crippen molar-refractivity contribution in [3.63, 3.8) is 0 Å². The normalized spacial score (nSPS) is 14.5. The maximum absolute atomic E-state index is 10.3. The first kappa shape index (κ1) is 16.0. The van der Waals surface area contributed by atoms with Gasteiger partial charge < -0.3 is 20.1 Å². The highest BCUT2D eigenvalue weighted by molar-refractivity contribution is 5.85. The second kappa shape index (κ2) is 7.07. The lowest BCUT2D eigenvalue weighted by Crippen LogP contribution is -2.39. The molecule has 4 heteroatoms. The molecule has 0 aliphatic rings. The van der Waals surface area contributed by atoms with Crippen molar-refractivity contribution in [2.45, 2.75) is 45.9 Å². The highest BCUT2D eigenvalue weighted by Gasteiger charge is 2.14. The summed E-state index contributed by atoms with van der Waals surface area (Å²) < 4.78 is 2.18. The lowest BCUT2D eigenvalue weighted by atomic mass is 10.2. The molecule has 0 fully saturated rings. The smallest absolute Gasteiger partial charge is 0.0843 e. The third kappa shape index (κ3) is 3.46. The average molecular weight is 290 g/mol. The van der Waals surface area contributed by atoms with Crippen molar-refractivity contribution < 1.29 is 10.2 Å². The Morgan fingerprint density at radius 2 is 1.95 bits per heavy atom. The van der Waals surface area contributed by atoms with Gasteiger partial charge in [-0.05, 0) is 31.9 Å². The van der Waals surface area contributed by atoms with Crippen molar-refractivity contribution in [1.29, 1.82) is 0 Å². The van der Waals surface area contributed by atoms with E-state index in [0.29, 0.717) is 13.1 Å². The molecule has 2 atom stereocenters. The summed E-state index contributed by atoms with van der Waals surface area (Å²) in [6.45, 7) is 7.40. The minimum atomic E-state index is -0.473. The van der Waals surface area contributed by atoms with Crippen LogP contribution in [0.4, 0.5) is 0 Å². The van der Waals surface area contributed by atoms with E-state index in [4.69, 9.17) is 5.11 Å². The number of fused-ring (bicyclic) bond motifs is 1. The lowest BCUT2D eigenvalue weighted by Gasteiger charge is -2.19. The van der Waals surface area contributed by atoms with Gasteiger partial charge in [-0.1, -0.05) is 25.1 Å². The minimum Gasteiger partial charge on any atom is -0.395 e. The monoisotopic (exact) mass is 290 g/mol. The third-order valence-electron chi connectivity index (χ3n) is 4.30. The van der Waals surface area contributed by atoms with Crippen LogP contribution in [0.5, 0.6) is 0 Å². The van der Waals surface area contributed by atoms with E-state index in [-0.39, 0.29) is 12.6 Å². The number of hydrogen-bond donors (Lipinski definition) is 3. The van der Waals surface area contributed by atoms with Gasteiger partial charge in [-0.3, -0.25) is 0 Å². The van der Waals surface area contributed by atoms with E-state index in [9.17, 15) is 5.11 Å². The Kier molecular flexibility index (Phi) is 5.39. The number of nitrogens with one attached hydrogen (secondary N) is 1. The summed E-state index contributed by atoms with van der Waals surface area (Å²) in [7, 11) is 0. The van der Waals surface area contributed by atoms with Crippen LogP contribution in [-0.4, -0.2) is 40.1 Å². The zero-order chi connectivity index (χ0) is 15.4. The predicted octanol–water partition coefficient (Wildman–Crippen LogP) is 1.98. The summed E-state index contributed by atoms with van der Waals surface area (Å²) in [5.41, 5.74) is 3.64. The molecular weight excluding hydrogens is 264 g/mol. The van der Waals surface area contributed by atoms with Gasteiger partial charge in [0.15, 0.2) is 0 Å². The highest BCUT2D eigenvalue weighted by atomic mass is 16.3. The van der Waals surface area contributed by atoms with Crippen LogP contribution in [0, 0.1) is 13.8 Å². The van der Waals surface area contributed by atoms with Gasteiger partial charge in [-0.15, -0.1) is 0 Å². The van der Waals surface area contributed by atoms with Crippen LogP contribution in [0.3, 0.4) is 0 Å². The van der Waals surface area contributed by atoms with Gasteiger partial charge in [0.25, 0.3) is 0 Å². The van der Waals surface area contributed by atoms with Crippen LogP contribution < -0.4 is 5.32 Å². The largest absolute Gasteiger partial charge is 0.395 e. The van der Waals surface area contributed by atoms with Crippen LogP contribution in [-0.2, 0) is 6.54 Å².